The van der Waals surface area contributed by atoms with Gasteiger partial charge >= 0.3 is 0 Å². The average molecular weight is 266 g/mol. The van der Waals surface area contributed by atoms with E-state index in [1.807, 2.05) is 6.07 Å². The summed E-state index contributed by atoms with van der Waals surface area (Å²) < 4.78 is 19.6. The Balaban J connectivity index is 2.21. The van der Waals surface area contributed by atoms with Gasteiger partial charge in [-0.3, -0.25) is 0 Å². The van der Waals surface area contributed by atoms with E-state index in [1.54, 1.807) is 12.1 Å². The van der Waals surface area contributed by atoms with Crippen molar-refractivity contribution in [3.8, 4) is 0 Å². The molecule has 0 spiro atoms. The minimum Gasteiger partial charge on any atom is -0.377 e. The zero-order valence-electron chi connectivity index (χ0n) is 11.8. The molecule has 1 heterocycles. The first-order valence-electron chi connectivity index (χ1n) is 7.06. The first kappa shape index (κ1) is 14.3. The Morgan fingerprint density at radius 2 is 2.32 bits per heavy atom. The predicted molar refractivity (Wildman–Crippen MR) is 76.0 cm³/mol. The van der Waals surface area contributed by atoms with Gasteiger partial charge in [-0.05, 0) is 31.5 Å². The van der Waals surface area contributed by atoms with Crippen molar-refractivity contribution < 1.29 is 9.13 Å². The van der Waals surface area contributed by atoms with Crippen LogP contribution in [0, 0.1) is 5.82 Å². The zero-order chi connectivity index (χ0) is 13.7. The van der Waals surface area contributed by atoms with Crippen molar-refractivity contribution in [2.75, 3.05) is 31.2 Å². The molecule has 0 amide bonds. The predicted octanol–water partition coefficient (Wildman–Crippen LogP) is 2.55. The Morgan fingerprint density at radius 3 is 3.05 bits per heavy atom. The van der Waals surface area contributed by atoms with Crippen molar-refractivity contribution in [1.29, 1.82) is 0 Å². The van der Waals surface area contributed by atoms with E-state index in [2.05, 4.69) is 24.1 Å². The molecule has 2 rings (SSSR count). The summed E-state index contributed by atoms with van der Waals surface area (Å²) in [6.45, 7) is 7.96. The SMILES string of the molecule is CCCNCc1cccc(F)c1N1CCOCC1C. The molecule has 1 aromatic rings. The van der Waals surface area contributed by atoms with Gasteiger partial charge in [-0.1, -0.05) is 19.1 Å². The van der Waals surface area contributed by atoms with E-state index in [0.717, 1.165) is 30.8 Å². The van der Waals surface area contributed by atoms with Crippen molar-refractivity contribution in [2.24, 2.45) is 0 Å². The lowest BCUT2D eigenvalue weighted by Crippen LogP contribution is -2.44. The smallest absolute Gasteiger partial charge is 0.146 e. The van der Waals surface area contributed by atoms with E-state index in [9.17, 15) is 4.39 Å². The number of nitrogens with zero attached hydrogens (tertiary/aromatic N) is 1. The highest BCUT2D eigenvalue weighted by atomic mass is 19.1. The van der Waals surface area contributed by atoms with Crippen LogP contribution in [-0.4, -0.2) is 32.3 Å². The van der Waals surface area contributed by atoms with Crippen LogP contribution in [0.15, 0.2) is 18.2 Å². The second-order valence-corrected chi connectivity index (χ2v) is 5.04. The summed E-state index contributed by atoms with van der Waals surface area (Å²) in [5.74, 6) is -0.135. The van der Waals surface area contributed by atoms with Crippen molar-refractivity contribution >= 4 is 5.69 Å². The summed E-state index contributed by atoms with van der Waals surface area (Å²) >= 11 is 0. The third-order valence-electron chi connectivity index (χ3n) is 3.47. The van der Waals surface area contributed by atoms with Crippen LogP contribution in [0.2, 0.25) is 0 Å². The van der Waals surface area contributed by atoms with Gasteiger partial charge in [0.2, 0.25) is 0 Å². The molecule has 0 aromatic heterocycles. The summed E-state index contributed by atoms with van der Waals surface area (Å²) in [4.78, 5) is 2.13. The molecule has 0 radical (unpaired) electrons. The van der Waals surface area contributed by atoms with Gasteiger partial charge in [-0.15, -0.1) is 0 Å². The second-order valence-electron chi connectivity index (χ2n) is 5.04. The molecule has 4 heteroatoms. The molecule has 0 aliphatic carbocycles. The van der Waals surface area contributed by atoms with E-state index in [4.69, 9.17) is 4.74 Å². The number of hydrogen-bond donors (Lipinski definition) is 1. The fraction of sp³-hybridized carbons (Fsp3) is 0.600. The number of nitrogens with one attached hydrogen (secondary N) is 1. The minimum atomic E-state index is -0.135. The molecule has 106 valence electrons. The molecule has 0 bridgehead atoms. The number of ether oxygens (including phenoxy) is 1. The van der Waals surface area contributed by atoms with E-state index >= 15 is 0 Å². The van der Waals surface area contributed by atoms with Crippen LogP contribution in [-0.2, 0) is 11.3 Å². The van der Waals surface area contributed by atoms with E-state index in [-0.39, 0.29) is 11.9 Å². The zero-order valence-corrected chi connectivity index (χ0v) is 11.8. The Labute approximate surface area is 114 Å². The maximum absolute atomic E-state index is 14.2. The van der Waals surface area contributed by atoms with Gasteiger partial charge in [0.05, 0.1) is 18.9 Å². The topological polar surface area (TPSA) is 24.5 Å². The third-order valence-corrected chi connectivity index (χ3v) is 3.47. The fourth-order valence-electron chi connectivity index (χ4n) is 2.48. The summed E-state index contributed by atoms with van der Waals surface area (Å²) in [6, 6.07) is 5.55. The van der Waals surface area contributed by atoms with E-state index < -0.39 is 0 Å². The van der Waals surface area contributed by atoms with Crippen molar-refractivity contribution in [3.63, 3.8) is 0 Å². The molecule has 1 unspecified atom stereocenters. The molecule has 1 atom stereocenters. The number of halogens is 1. The Hall–Kier alpha value is -1.13. The number of morpholine rings is 1. The highest BCUT2D eigenvalue weighted by Crippen LogP contribution is 2.27. The average Bonchev–Trinajstić information content (AvgIpc) is 2.41. The lowest BCUT2D eigenvalue weighted by atomic mass is 10.1. The van der Waals surface area contributed by atoms with Gasteiger partial charge in [0.25, 0.3) is 0 Å². The molecule has 19 heavy (non-hydrogen) atoms. The molecular weight excluding hydrogens is 243 g/mol. The number of para-hydroxylation sites is 1. The standard InChI is InChI=1S/C15H23FN2O/c1-3-7-17-10-13-5-4-6-14(16)15(13)18-8-9-19-11-12(18)2/h4-6,12,17H,3,7-11H2,1-2H3. The molecular formula is C15H23FN2O. The van der Waals surface area contributed by atoms with Gasteiger partial charge in [0, 0.05) is 19.1 Å². The van der Waals surface area contributed by atoms with Crippen LogP contribution in [0.3, 0.4) is 0 Å². The molecule has 1 saturated heterocycles. The molecule has 0 saturated carbocycles. The van der Waals surface area contributed by atoms with Gasteiger partial charge in [-0.2, -0.15) is 0 Å². The lowest BCUT2D eigenvalue weighted by Gasteiger charge is -2.36. The normalized spacial score (nSPS) is 19.7. The number of benzene rings is 1. The Bertz CT molecular complexity index is 411. The van der Waals surface area contributed by atoms with Gasteiger partial charge in [0.1, 0.15) is 5.82 Å². The van der Waals surface area contributed by atoms with Crippen LogP contribution >= 0.6 is 0 Å². The number of anilines is 1. The third kappa shape index (κ3) is 3.45. The largest absolute Gasteiger partial charge is 0.377 e. The van der Waals surface area contributed by atoms with E-state index in [1.165, 1.54) is 0 Å². The Morgan fingerprint density at radius 1 is 1.47 bits per heavy atom. The summed E-state index contributed by atoms with van der Waals surface area (Å²) in [5, 5.41) is 3.35. The molecule has 1 aromatic carbocycles. The highest BCUT2D eigenvalue weighted by Gasteiger charge is 2.23. The van der Waals surface area contributed by atoms with Crippen molar-refractivity contribution in [1.82, 2.24) is 5.32 Å². The molecule has 1 aliphatic heterocycles. The summed E-state index contributed by atoms with van der Waals surface area (Å²) in [5.41, 5.74) is 1.77. The van der Waals surface area contributed by atoms with Crippen LogP contribution in [0.5, 0.6) is 0 Å². The molecule has 1 aliphatic rings. The van der Waals surface area contributed by atoms with Gasteiger partial charge < -0.3 is 15.0 Å². The lowest BCUT2D eigenvalue weighted by molar-refractivity contribution is 0.0985. The van der Waals surface area contributed by atoms with E-state index in [0.29, 0.717) is 19.8 Å². The fourth-order valence-corrected chi connectivity index (χ4v) is 2.48. The quantitative estimate of drug-likeness (QED) is 0.829. The summed E-state index contributed by atoms with van der Waals surface area (Å²) in [6.07, 6.45) is 1.08. The molecule has 1 N–H and O–H groups in total. The monoisotopic (exact) mass is 266 g/mol. The first-order chi connectivity index (χ1) is 9.24. The Kier molecular flexibility index (Phi) is 5.16. The van der Waals surface area contributed by atoms with Crippen LogP contribution in [0.4, 0.5) is 10.1 Å². The van der Waals surface area contributed by atoms with Gasteiger partial charge in [-0.25, -0.2) is 4.39 Å². The van der Waals surface area contributed by atoms with Crippen LogP contribution in [0.25, 0.3) is 0 Å². The second kappa shape index (κ2) is 6.87. The van der Waals surface area contributed by atoms with Crippen LogP contribution in [0.1, 0.15) is 25.8 Å². The molecule has 3 nitrogen and oxygen atoms in total. The number of rotatable bonds is 5. The van der Waals surface area contributed by atoms with Crippen molar-refractivity contribution in [2.45, 2.75) is 32.9 Å². The van der Waals surface area contributed by atoms with Crippen LogP contribution < -0.4 is 10.2 Å². The maximum atomic E-state index is 14.2. The van der Waals surface area contributed by atoms with Gasteiger partial charge in [0.15, 0.2) is 0 Å². The molecule has 1 fully saturated rings. The highest BCUT2D eigenvalue weighted by molar-refractivity contribution is 5.56. The number of hydrogen-bond acceptors (Lipinski definition) is 3. The van der Waals surface area contributed by atoms with Crippen molar-refractivity contribution in [3.05, 3.63) is 29.6 Å². The first-order valence-corrected chi connectivity index (χ1v) is 7.06. The minimum absolute atomic E-state index is 0.135. The maximum Gasteiger partial charge on any atom is 0.146 e. The summed E-state index contributed by atoms with van der Waals surface area (Å²) in [7, 11) is 0.